The molecule has 1 aromatic carbocycles. The van der Waals surface area contributed by atoms with Crippen molar-refractivity contribution < 1.29 is 14.7 Å². The monoisotopic (exact) mass is 502 g/mol. The summed E-state index contributed by atoms with van der Waals surface area (Å²) >= 11 is 0. The molecule has 0 aliphatic heterocycles. The van der Waals surface area contributed by atoms with Crippen LogP contribution in [0.15, 0.2) is 42.5 Å². The number of nitrogens with one attached hydrogen (secondary N) is 1. The minimum atomic E-state index is -0.770. The standard InChI is InChI=1S/C17H26.C13H24N2O4/c1-15-9-8-14-17(15)13-7-3-6-12-16-10-4-2-5-11-16;1-2-3-4-7-10-13(16)14-11-8-5-6-9-12-19-15(17)18/h2,4-5,10-11,15,17H,3,6-9,12-14H2,1H3;2-3H,4-12H2,1H3,(H,14,16)/b;3-2-. The molecule has 204 valence electrons. The van der Waals surface area contributed by atoms with Crippen LogP contribution < -0.4 is 5.32 Å². The molecule has 0 saturated heterocycles. The van der Waals surface area contributed by atoms with E-state index in [1.54, 1.807) is 0 Å². The van der Waals surface area contributed by atoms with E-state index in [1.807, 2.05) is 13.0 Å². The summed E-state index contributed by atoms with van der Waals surface area (Å²) in [5.74, 6) is 2.15. The molecule has 2 atom stereocenters. The van der Waals surface area contributed by atoms with Crippen molar-refractivity contribution in [1.82, 2.24) is 5.32 Å². The van der Waals surface area contributed by atoms with Crippen LogP contribution in [0.4, 0.5) is 0 Å². The van der Waals surface area contributed by atoms with E-state index in [-0.39, 0.29) is 12.5 Å². The fourth-order valence-electron chi connectivity index (χ4n) is 4.79. The normalized spacial score (nSPS) is 16.9. The predicted octanol–water partition coefficient (Wildman–Crippen LogP) is 7.84. The third-order valence-electron chi connectivity index (χ3n) is 7.02. The second-order valence-electron chi connectivity index (χ2n) is 10.0. The predicted molar refractivity (Wildman–Crippen MR) is 148 cm³/mol. The lowest BCUT2D eigenvalue weighted by Gasteiger charge is -2.14. The van der Waals surface area contributed by atoms with Gasteiger partial charge in [-0.05, 0) is 62.8 Å². The zero-order chi connectivity index (χ0) is 26.3. The molecule has 0 bridgehead atoms. The third kappa shape index (κ3) is 18.0. The molecule has 0 spiro atoms. The van der Waals surface area contributed by atoms with Gasteiger partial charge in [-0.2, -0.15) is 0 Å². The molecule has 6 heteroatoms. The summed E-state index contributed by atoms with van der Waals surface area (Å²) in [7, 11) is 0. The summed E-state index contributed by atoms with van der Waals surface area (Å²) < 4.78 is 0. The first-order valence-corrected chi connectivity index (χ1v) is 14.2. The highest BCUT2D eigenvalue weighted by atomic mass is 16.9. The number of carbonyl (C=O) groups is 1. The maximum atomic E-state index is 11.4. The molecule has 6 nitrogen and oxygen atoms in total. The number of amides is 1. The number of rotatable bonds is 18. The van der Waals surface area contributed by atoms with Gasteiger partial charge in [0.05, 0.1) is 6.61 Å². The van der Waals surface area contributed by atoms with Crippen molar-refractivity contribution in [2.24, 2.45) is 11.8 Å². The van der Waals surface area contributed by atoms with Crippen molar-refractivity contribution in [3.8, 4) is 0 Å². The highest BCUT2D eigenvalue weighted by Crippen LogP contribution is 2.34. The van der Waals surface area contributed by atoms with Gasteiger partial charge in [-0.15, -0.1) is 10.1 Å². The van der Waals surface area contributed by atoms with E-state index in [9.17, 15) is 14.9 Å². The van der Waals surface area contributed by atoms with E-state index >= 15 is 0 Å². The molecular formula is C30H50N2O4. The van der Waals surface area contributed by atoms with Gasteiger partial charge in [-0.25, -0.2) is 0 Å². The number of hydrogen-bond acceptors (Lipinski definition) is 4. The largest absolute Gasteiger partial charge is 0.356 e. The van der Waals surface area contributed by atoms with Gasteiger partial charge in [0.15, 0.2) is 0 Å². The molecule has 1 N–H and O–H groups in total. The molecule has 0 radical (unpaired) electrons. The minimum Gasteiger partial charge on any atom is -0.356 e. The number of unbranched alkanes of at least 4 members (excludes halogenated alkanes) is 6. The second kappa shape index (κ2) is 21.9. The van der Waals surface area contributed by atoms with E-state index in [1.165, 1.54) is 56.9 Å². The van der Waals surface area contributed by atoms with Crippen LogP contribution in [0.25, 0.3) is 0 Å². The van der Waals surface area contributed by atoms with Crippen LogP contribution >= 0.6 is 0 Å². The van der Waals surface area contributed by atoms with Crippen LogP contribution in [-0.4, -0.2) is 24.1 Å². The van der Waals surface area contributed by atoms with Gasteiger partial charge in [0.2, 0.25) is 5.91 Å². The van der Waals surface area contributed by atoms with Crippen LogP contribution in [0, 0.1) is 22.0 Å². The van der Waals surface area contributed by atoms with E-state index in [4.69, 9.17) is 0 Å². The van der Waals surface area contributed by atoms with Gasteiger partial charge < -0.3 is 10.2 Å². The van der Waals surface area contributed by atoms with Gasteiger partial charge in [0.25, 0.3) is 5.09 Å². The smallest absolute Gasteiger partial charge is 0.294 e. The van der Waals surface area contributed by atoms with Crippen molar-refractivity contribution >= 4 is 5.91 Å². The fraction of sp³-hybridized carbons (Fsp3) is 0.700. The molecule has 1 fully saturated rings. The van der Waals surface area contributed by atoms with Gasteiger partial charge in [0.1, 0.15) is 0 Å². The topological polar surface area (TPSA) is 81.5 Å². The Labute approximate surface area is 219 Å². The van der Waals surface area contributed by atoms with E-state index in [2.05, 4.69) is 53.5 Å². The lowest BCUT2D eigenvalue weighted by molar-refractivity contribution is -0.757. The summed E-state index contributed by atoms with van der Waals surface area (Å²) in [5, 5.41) is 12.0. The van der Waals surface area contributed by atoms with E-state index < -0.39 is 5.09 Å². The van der Waals surface area contributed by atoms with E-state index in [0.717, 1.165) is 43.9 Å². The van der Waals surface area contributed by atoms with Crippen LogP contribution in [0.2, 0.25) is 0 Å². The number of aryl methyl sites for hydroxylation is 1. The maximum absolute atomic E-state index is 11.4. The van der Waals surface area contributed by atoms with Crippen molar-refractivity contribution in [3.63, 3.8) is 0 Å². The molecule has 36 heavy (non-hydrogen) atoms. The summed E-state index contributed by atoms with van der Waals surface area (Å²) in [6.07, 6.45) is 21.3. The Hall–Kier alpha value is -2.37. The first-order valence-electron chi connectivity index (χ1n) is 14.2. The Kier molecular flexibility index (Phi) is 19.2. The van der Waals surface area contributed by atoms with Crippen molar-refractivity contribution in [2.45, 2.75) is 110 Å². The number of benzene rings is 1. The van der Waals surface area contributed by atoms with Gasteiger partial charge in [-0.1, -0.05) is 101 Å². The highest BCUT2D eigenvalue weighted by molar-refractivity contribution is 5.75. The quantitative estimate of drug-likeness (QED) is 0.0959. The van der Waals surface area contributed by atoms with Gasteiger partial charge in [-0.3, -0.25) is 4.79 Å². The van der Waals surface area contributed by atoms with Gasteiger partial charge in [0, 0.05) is 13.0 Å². The molecular weight excluding hydrogens is 452 g/mol. The molecule has 1 saturated carbocycles. The molecule has 1 aliphatic rings. The molecule has 0 aromatic heterocycles. The molecule has 1 aromatic rings. The number of allylic oxidation sites excluding steroid dienone is 2. The Balaban J connectivity index is 0.000000361. The average Bonchev–Trinajstić information content (AvgIpc) is 3.28. The second-order valence-corrected chi connectivity index (χ2v) is 10.0. The van der Waals surface area contributed by atoms with Gasteiger partial charge >= 0.3 is 0 Å². The van der Waals surface area contributed by atoms with Crippen LogP contribution in [0.3, 0.4) is 0 Å². The van der Waals surface area contributed by atoms with Crippen molar-refractivity contribution in [2.75, 3.05) is 13.2 Å². The Bertz CT molecular complexity index is 708. The first-order chi connectivity index (χ1) is 17.5. The Morgan fingerprint density at radius 3 is 2.50 bits per heavy atom. The molecule has 2 rings (SSSR count). The summed E-state index contributed by atoms with van der Waals surface area (Å²) in [6.45, 7) is 5.25. The van der Waals surface area contributed by atoms with Crippen LogP contribution in [0.5, 0.6) is 0 Å². The van der Waals surface area contributed by atoms with Crippen LogP contribution in [-0.2, 0) is 16.1 Å². The van der Waals surface area contributed by atoms with Crippen LogP contribution in [0.1, 0.15) is 109 Å². The average molecular weight is 503 g/mol. The Morgan fingerprint density at radius 2 is 1.81 bits per heavy atom. The third-order valence-corrected chi connectivity index (χ3v) is 7.02. The maximum Gasteiger partial charge on any atom is 0.294 e. The highest BCUT2D eigenvalue weighted by Gasteiger charge is 2.22. The number of nitrogens with zero attached hydrogens (tertiary/aromatic N) is 1. The zero-order valence-electron chi connectivity index (χ0n) is 22.8. The molecule has 1 aliphatic carbocycles. The number of hydrogen-bond donors (Lipinski definition) is 1. The minimum absolute atomic E-state index is 0.0983. The molecule has 1 amide bonds. The molecule has 0 heterocycles. The summed E-state index contributed by atoms with van der Waals surface area (Å²) in [5.41, 5.74) is 1.50. The van der Waals surface area contributed by atoms with Crippen molar-refractivity contribution in [1.29, 1.82) is 0 Å². The summed E-state index contributed by atoms with van der Waals surface area (Å²) in [4.78, 5) is 25.5. The lowest BCUT2D eigenvalue weighted by atomic mass is 9.92. The zero-order valence-corrected chi connectivity index (χ0v) is 22.8. The number of carbonyl (C=O) groups excluding carboxylic acids is 1. The SMILES string of the molecule is C/C=C\CCCC(=O)NCCCCCCO[N+](=O)[O-].CC1CCCC1CCCCCc1ccccc1. The molecule has 2 unspecified atom stereocenters. The van der Waals surface area contributed by atoms with E-state index in [0.29, 0.717) is 19.4 Å². The first kappa shape index (κ1) is 31.7. The fourth-order valence-corrected chi connectivity index (χ4v) is 4.79. The lowest BCUT2D eigenvalue weighted by Crippen LogP contribution is -2.23. The summed E-state index contributed by atoms with van der Waals surface area (Å²) in [6, 6.07) is 10.9. The Morgan fingerprint density at radius 1 is 1.06 bits per heavy atom. The van der Waals surface area contributed by atoms with Crippen molar-refractivity contribution in [3.05, 3.63) is 58.2 Å².